The highest BCUT2D eigenvalue weighted by atomic mass is 28.3. The molecule has 0 bridgehead atoms. The molecule has 2 heterocycles. The second-order valence-corrected chi connectivity index (χ2v) is 16.1. The van der Waals surface area contributed by atoms with Crippen molar-refractivity contribution in [3.05, 3.63) is 65.5 Å². The largest absolute Gasteiger partial charge is 0.361 e. The Bertz CT molecular complexity index is 1290. The summed E-state index contributed by atoms with van der Waals surface area (Å²) in [5, 5.41) is 10.0. The molecule has 0 radical (unpaired) electrons. The maximum absolute atomic E-state index is 13.3. The van der Waals surface area contributed by atoms with Crippen LogP contribution in [0.2, 0.25) is 25.7 Å². The molecule has 0 unspecified atom stereocenters. The van der Waals surface area contributed by atoms with Crippen LogP contribution in [0.1, 0.15) is 45.2 Å². The summed E-state index contributed by atoms with van der Waals surface area (Å²) < 4.78 is 7.84. The van der Waals surface area contributed by atoms with Crippen molar-refractivity contribution in [2.75, 3.05) is 6.61 Å². The van der Waals surface area contributed by atoms with Gasteiger partial charge in [-0.2, -0.15) is 5.26 Å². The van der Waals surface area contributed by atoms with E-state index in [4.69, 9.17) is 4.74 Å². The van der Waals surface area contributed by atoms with Crippen molar-refractivity contribution in [3.63, 3.8) is 0 Å². The lowest BCUT2D eigenvalue weighted by Crippen LogP contribution is -2.38. The van der Waals surface area contributed by atoms with Crippen LogP contribution >= 0.6 is 0 Å². The summed E-state index contributed by atoms with van der Waals surface area (Å²) in [6.07, 6.45) is 3.05. The van der Waals surface area contributed by atoms with Gasteiger partial charge in [-0.3, -0.25) is 14.5 Å². The summed E-state index contributed by atoms with van der Waals surface area (Å²) in [6.45, 7) is 8.11. The molecule has 34 heavy (non-hydrogen) atoms. The Morgan fingerprint density at radius 2 is 1.79 bits per heavy atom. The third kappa shape index (κ3) is 3.85. The average Bonchev–Trinajstić information content (AvgIpc) is 3.44. The van der Waals surface area contributed by atoms with Crippen LogP contribution in [0.25, 0.3) is 11.0 Å². The topological polar surface area (TPSA) is 88.2 Å². The van der Waals surface area contributed by atoms with Gasteiger partial charge in [0.1, 0.15) is 6.73 Å². The van der Waals surface area contributed by atoms with Gasteiger partial charge in [0.05, 0.1) is 46.0 Å². The lowest BCUT2D eigenvalue weighted by Gasteiger charge is -2.30. The van der Waals surface area contributed by atoms with E-state index in [1.54, 1.807) is 30.6 Å². The molecule has 1 aromatic heterocycles. The summed E-state index contributed by atoms with van der Waals surface area (Å²) in [4.78, 5) is 32.4. The molecule has 0 spiro atoms. The molecule has 1 aliphatic carbocycles. The molecule has 1 saturated carbocycles. The van der Waals surface area contributed by atoms with Gasteiger partial charge in [-0.25, -0.2) is 4.98 Å². The number of imide groups is 1. The van der Waals surface area contributed by atoms with Gasteiger partial charge in [-0.1, -0.05) is 37.8 Å². The summed E-state index contributed by atoms with van der Waals surface area (Å²) in [5.41, 5.74) is 2.45. The summed E-state index contributed by atoms with van der Waals surface area (Å²) >= 11 is 0. The number of imidazole rings is 1. The van der Waals surface area contributed by atoms with Gasteiger partial charge >= 0.3 is 0 Å². The van der Waals surface area contributed by atoms with Crippen LogP contribution in [0.5, 0.6) is 0 Å². The van der Waals surface area contributed by atoms with E-state index in [9.17, 15) is 14.9 Å². The minimum Gasteiger partial charge on any atom is -0.361 e. The first-order valence-corrected chi connectivity index (χ1v) is 15.4. The van der Waals surface area contributed by atoms with Crippen molar-refractivity contribution in [1.29, 1.82) is 5.26 Å². The minimum atomic E-state index is -1.15. The van der Waals surface area contributed by atoms with Crippen molar-refractivity contribution in [3.8, 4) is 6.07 Å². The highest BCUT2D eigenvalue weighted by molar-refractivity contribution is 6.76. The molecule has 2 aromatic carbocycles. The first-order valence-electron chi connectivity index (χ1n) is 11.6. The number of ether oxygens (including phenoxy) is 1. The zero-order valence-corrected chi connectivity index (χ0v) is 20.7. The van der Waals surface area contributed by atoms with E-state index in [2.05, 4.69) is 30.7 Å². The molecule has 1 atom stereocenters. The molecule has 5 rings (SSSR count). The Hall–Kier alpha value is -3.28. The Balaban J connectivity index is 1.45. The van der Waals surface area contributed by atoms with Crippen LogP contribution in [-0.4, -0.2) is 40.9 Å². The van der Waals surface area contributed by atoms with E-state index >= 15 is 0 Å². The Morgan fingerprint density at radius 1 is 1.12 bits per heavy atom. The first-order chi connectivity index (χ1) is 16.2. The molecule has 1 aliphatic heterocycles. The molecule has 8 heteroatoms. The number of carbonyl (C=O) groups is 2. The number of benzene rings is 2. The van der Waals surface area contributed by atoms with Gasteiger partial charge < -0.3 is 9.30 Å². The van der Waals surface area contributed by atoms with Crippen molar-refractivity contribution in [2.24, 2.45) is 5.41 Å². The van der Waals surface area contributed by atoms with E-state index in [0.717, 1.165) is 29.2 Å². The van der Waals surface area contributed by atoms with Crippen molar-refractivity contribution >= 4 is 30.9 Å². The van der Waals surface area contributed by atoms with E-state index in [-0.39, 0.29) is 11.8 Å². The highest BCUT2D eigenvalue weighted by Gasteiger charge is 2.57. The molecular formula is C26H28N4O3Si. The van der Waals surface area contributed by atoms with E-state index in [1.165, 1.54) is 4.90 Å². The van der Waals surface area contributed by atoms with Crippen LogP contribution in [0.4, 0.5) is 0 Å². The summed E-state index contributed by atoms with van der Waals surface area (Å²) in [7, 11) is -1.15. The molecular weight excluding hydrogens is 444 g/mol. The lowest BCUT2D eigenvalue weighted by atomic mass is 9.89. The van der Waals surface area contributed by atoms with Crippen LogP contribution in [0.15, 0.2) is 48.8 Å². The highest BCUT2D eigenvalue weighted by Crippen LogP contribution is 2.58. The smallest absolute Gasteiger partial charge is 0.262 e. The number of rotatable bonds is 8. The van der Waals surface area contributed by atoms with Crippen LogP contribution in [0, 0.1) is 16.7 Å². The van der Waals surface area contributed by atoms with E-state index in [0.29, 0.717) is 30.7 Å². The lowest BCUT2D eigenvalue weighted by molar-refractivity contribution is 0.0534. The van der Waals surface area contributed by atoms with Crippen molar-refractivity contribution < 1.29 is 14.3 Å². The van der Waals surface area contributed by atoms with Crippen molar-refractivity contribution in [2.45, 2.75) is 51.3 Å². The number of hydrogen-bond donors (Lipinski definition) is 0. The summed E-state index contributed by atoms with van der Waals surface area (Å²) in [5.74, 6) is -0.679. The van der Waals surface area contributed by atoms with Gasteiger partial charge in [0, 0.05) is 14.7 Å². The van der Waals surface area contributed by atoms with Crippen LogP contribution in [0.3, 0.4) is 0 Å². The molecule has 7 nitrogen and oxygen atoms in total. The Labute approximate surface area is 200 Å². The number of hydrogen-bond acceptors (Lipinski definition) is 5. The standard InChI is InChI=1S/C26H28N4O3Si/c1-34(2,3)13-12-33-17-29-16-28-21-14-18(8-9-22(21)29)23(26(15-27)10-11-26)30-24(31)19-6-4-5-7-20(19)25(30)32/h4-9,14,16,23H,10-13,17H2,1-3H3/t23-/m0/s1. The van der Waals surface area contributed by atoms with Crippen LogP contribution in [-0.2, 0) is 11.5 Å². The monoisotopic (exact) mass is 472 g/mol. The Kier molecular flexibility index (Phi) is 5.42. The fourth-order valence-electron chi connectivity index (χ4n) is 4.63. The molecule has 174 valence electrons. The number of carbonyl (C=O) groups excluding carboxylic acids is 2. The maximum Gasteiger partial charge on any atom is 0.262 e. The molecule has 0 N–H and O–H groups in total. The van der Waals surface area contributed by atoms with Gasteiger partial charge in [-0.15, -0.1) is 0 Å². The molecule has 1 fully saturated rings. The van der Waals surface area contributed by atoms with E-state index in [1.807, 2.05) is 22.8 Å². The van der Waals surface area contributed by atoms with E-state index < -0.39 is 19.5 Å². The molecule has 2 amide bonds. The number of fused-ring (bicyclic) bond motifs is 2. The zero-order valence-electron chi connectivity index (χ0n) is 19.7. The zero-order chi connectivity index (χ0) is 24.1. The number of amides is 2. The third-order valence-corrected chi connectivity index (χ3v) is 8.51. The van der Waals surface area contributed by atoms with Gasteiger partial charge in [0.2, 0.25) is 0 Å². The second-order valence-electron chi connectivity index (χ2n) is 10.5. The quantitative estimate of drug-likeness (QED) is 0.262. The predicted molar refractivity (Wildman–Crippen MR) is 131 cm³/mol. The Morgan fingerprint density at radius 3 is 2.38 bits per heavy atom. The first kappa shape index (κ1) is 22.5. The number of nitriles is 1. The predicted octanol–water partition coefficient (Wildman–Crippen LogP) is 4.99. The normalized spacial score (nSPS) is 17.6. The minimum absolute atomic E-state index is 0.339. The van der Waals surface area contributed by atoms with Crippen molar-refractivity contribution in [1.82, 2.24) is 14.5 Å². The maximum atomic E-state index is 13.3. The fourth-order valence-corrected chi connectivity index (χ4v) is 5.39. The van der Waals surface area contributed by atoms with Gasteiger partial charge in [0.15, 0.2) is 0 Å². The average molecular weight is 473 g/mol. The summed E-state index contributed by atoms with van der Waals surface area (Å²) in [6, 6.07) is 15.5. The van der Waals surface area contributed by atoms with Gasteiger partial charge in [0.25, 0.3) is 11.8 Å². The second kappa shape index (κ2) is 8.19. The SMILES string of the molecule is C[Si](C)(C)CCOCn1cnc2cc([C@H](N3C(=O)c4ccccc4C3=O)C3(C#N)CC3)ccc21. The van der Waals surface area contributed by atoms with Gasteiger partial charge in [-0.05, 0) is 48.7 Å². The molecule has 0 saturated heterocycles. The number of aromatic nitrogens is 2. The molecule has 3 aromatic rings. The third-order valence-electron chi connectivity index (χ3n) is 6.81. The number of nitrogens with zero attached hydrogens (tertiary/aromatic N) is 4. The van der Waals surface area contributed by atoms with Crippen LogP contribution < -0.4 is 0 Å². The molecule has 2 aliphatic rings. The fraction of sp³-hybridized carbons (Fsp3) is 0.385.